The predicted octanol–water partition coefficient (Wildman–Crippen LogP) is 3.07. The molecule has 1 amide bonds. The van der Waals surface area contributed by atoms with E-state index in [1.54, 1.807) is 4.90 Å². The van der Waals surface area contributed by atoms with Crippen molar-refractivity contribution in [3.63, 3.8) is 0 Å². The van der Waals surface area contributed by atoms with E-state index in [9.17, 15) is 4.79 Å². The fraction of sp³-hybridized carbons (Fsp3) is 0.941. The van der Waals surface area contributed by atoms with Crippen molar-refractivity contribution in [2.45, 2.75) is 56.1 Å². The number of fused-ring (bicyclic) bond motifs is 2. The number of carbonyl (C=O) groups excluding carboxylic acids is 1. The second kappa shape index (κ2) is 4.70. The molecule has 4 rings (SSSR count). The van der Waals surface area contributed by atoms with Gasteiger partial charge in [-0.05, 0) is 54.8 Å². The van der Waals surface area contributed by atoms with Crippen LogP contribution in [0.4, 0.5) is 0 Å². The van der Waals surface area contributed by atoms with Crippen LogP contribution in [0.25, 0.3) is 0 Å². The first-order chi connectivity index (χ1) is 9.98. The minimum atomic E-state index is 0.215. The maximum Gasteiger partial charge on any atom is 0.222 e. The number of amides is 1. The smallest absolute Gasteiger partial charge is 0.222 e. The largest absolute Gasteiger partial charge is 0.373 e. The lowest BCUT2D eigenvalue weighted by Gasteiger charge is -2.50. The molecule has 21 heavy (non-hydrogen) atoms. The van der Waals surface area contributed by atoms with Crippen molar-refractivity contribution in [2.24, 2.45) is 29.1 Å². The number of carbonyl (C=O) groups is 1. The molecule has 3 aliphatic carbocycles. The molecule has 4 fully saturated rings. The van der Waals surface area contributed by atoms with Crippen LogP contribution in [0.2, 0.25) is 0 Å². The summed E-state index contributed by atoms with van der Waals surface area (Å²) in [4.78, 5) is 14.7. The molecule has 0 aromatic carbocycles. The molecule has 1 aliphatic heterocycles. The third-order valence-corrected chi connectivity index (χ3v) is 8.36. The first-order valence-electron chi connectivity index (χ1n) is 8.48. The van der Waals surface area contributed by atoms with Crippen molar-refractivity contribution in [3.8, 4) is 0 Å². The Bertz CT molecular complexity index is 468. The summed E-state index contributed by atoms with van der Waals surface area (Å²) in [5, 5.41) is 0. The van der Waals surface area contributed by atoms with Gasteiger partial charge in [-0.2, -0.15) is 0 Å². The minimum absolute atomic E-state index is 0.215. The van der Waals surface area contributed by atoms with E-state index in [-0.39, 0.29) is 5.41 Å². The SMILES string of the molecule is CC[C@@]1(CC(=O)N(C)C)CC[C@H]2O[C@H]3[C@H](Br)[C@@H]4C[C@H]3[C@H]2[C@@H]41. The van der Waals surface area contributed by atoms with Crippen molar-refractivity contribution in [2.75, 3.05) is 14.1 Å². The van der Waals surface area contributed by atoms with E-state index in [0.717, 1.165) is 37.0 Å². The highest BCUT2D eigenvalue weighted by Gasteiger charge is 2.70. The molecule has 0 spiro atoms. The standard InChI is InChI=1S/C17H26BrNO2/c1-4-17(8-12(20)19(2)3)6-5-11-13-9-7-10(14(13)17)15(18)16(9)21-11/h9-11,13-16H,4-8H2,1-3H3/t9-,10+,11+,13+,14+,15+,16+,17-/m0/s1. The summed E-state index contributed by atoms with van der Waals surface area (Å²) in [6.45, 7) is 2.30. The molecule has 4 aliphatic rings. The van der Waals surface area contributed by atoms with Crippen LogP contribution in [0.15, 0.2) is 0 Å². The molecule has 1 saturated heterocycles. The maximum absolute atomic E-state index is 12.4. The van der Waals surface area contributed by atoms with Gasteiger partial charge in [-0.3, -0.25) is 4.79 Å². The quantitative estimate of drug-likeness (QED) is 0.728. The highest BCUT2D eigenvalue weighted by molar-refractivity contribution is 9.09. The number of halogens is 1. The van der Waals surface area contributed by atoms with E-state index in [1.807, 2.05) is 14.1 Å². The van der Waals surface area contributed by atoms with Gasteiger partial charge in [-0.25, -0.2) is 0 Å². The summed E-state index contributed by atoms with van der Waals surface area (Å²) in [5.41, 5.74) is 0.215. The Morgan fingerprint density at radius 3 is 2.81 bits per heavy atom. The van der Waals surface area contributed by atoms with Crippen LogP contribution in [0, 0.1) is 29.1 Å². The molecule has 0 aromatic rings. The molecular weight excluding hydrogens is 330 g/mol. The van der Waals surface area contributed by atoms with E-state index >= 15 is 0 Å². The molecule has 0 N–H and O–H groups in total. The van der Waals surface area contributed by atoms with Gasteiger partial charge < -0.3 is 9.64 Å². The molecule has 1 heterocycles. The number of hydrogen-bond acceptors (Lipinski definition) is 2. The molecule has 3 saturated carbocycles. The predicted molar refractivity (Wildman–Crippen MR) is 85.2 cm³/mol. The normalized spacial score (nSPS) is 53.2. The molecule has 4 heteroatoms. The first kappa shape index (κ1) is 14.5. The summed E-state index contributed by atoms with van der Waals surface area (Å²) >= 11 is 3.94. The summed E-state index contributed by atoms with van der Waals surface area (Å²) < 4.78 is 6.37. The van der Waals surface area contributed by atoms with Crippen LogP contribution >= 0.6 is 15.9 Å². The lowest BCUT2D eigenvalue weighted by molar-refractivity contribution is -0.135. The molecule has 118 valence electrons. The monoisotopic (exact) mass is 355 g/mol. The van der Waals surface area contributed by atoms with Gasteiger partial charge in [0.05, 0.1) is 12.2 Å². The van der Waals surface area contributed by atoms with Gasteiger partial charge in [0.1, 0.15) is 0 Å². The number of rotatable bonds is 3. The van der Waals surface area contributed by atoms with Crippen molar-refractivity contribution in [1.82, 2.24) is 4.90 Å². The zero-order valence-corrected chi connectivity index (χ0v) is 14.8. The first-order valence-corrected chi connectivity index (χ1v) is 9.40. The minimum Gasteiger partial charge on any atom is -0.373 e. The zero-order chi connectivity index (χ0) is 14.9. The van der Waals surface area contributed by atoms with E-state index in [2.05, 4.69) is 22.9 Å². The molecule has 2 bridgehead atoms. The highest BCUT2D eigenvalue weighted by Crippen LogP contribution is 2.70. The topological polar surface area (TPSA) is 29.5 Å². The van der Waals surface area contributed by atoms with Crippen molar-refractivity contribution in [3.05, 3.63) is 0 Å². The van der Waals surface area contributed by atoms with Gasteiger partial charge >= 0.3 is 0 Å². The summed E-state index contributed by atoms with van der Waals surface area (Å²) in [6.07, 6.45) is 6.46. The molecule has 0 unspecified atom stereocenters. The van der Waals surface area contributed by atoms with Gasteiger partial charge in [0.25, 0.3) is 0 Å². The Labute approximate surface area is 135 Å². The van der Waals surface area contributed by atoms with E-state index < -0.39 is 0 Å². The third-order valence-electron chi connectivity index (χ3n) is 7.16. The highest BCUT2D eigenvalue weighted by atomic mass is 79.9. The lowest BCUT2D eigenvalue weighted by Crippen LogP contribution is -2.49. The summed E-state index contributed by atoms with van der Waals surface area (Å²) in [5.74, 6) is 3.22. The molecule has 3 nitrogen and oxygen atoms in total. The van der Waals surface area contributed by atoms with Crippen LogP contribution in [-0.4, -0.2) is 41.9 Å². The van der Waals surface area contributed by atoms with Gasteiger partial charge in [0.15, 0.2) is 0 Å². The fourth-order valence-corrected chi connectivity index (χ4v) is 7.29. The Kier molecular flexibility index (Phi) is 3.25. The van der Waals surface area contributed by atoms with Crippen LogP contribution in [0.3, 0.4) is 0 Å². The van der Waals surface area contributed by atoms with Gasteiger partial charge in [0, 0.05) is 25.3 Å². The van der Waals surface area contributed by atoms with Crippen LogP contribution < -0.4 is 0 Å². The average molecular weight is 356 g/mol. The number of ether oxygens (including phenoxy) is 1. The fourth-order valence-electron chi connectivity index (χ4n) is 6.23. The van der Waals surface area contributed by atoms with E-state index in [0.29, 0.717) is 28.9 Å². The van der Waals surface area contributed by atoms with Gasteiger partial charge in [-0.15, -0.1) is 0 Å². The summed E-state index contributed by atoms with van der Waals surface area (Å²) in [7, 11) is 3.78. The molecule has 8 atom stereocenters. The van der Waals surface area contributed by atoms with Crippen molar-refractivity contribution < 1.29 is 9.53 Å². The molecular formula is C17H26BrNO2. The molecule has 0 aromatic heterocycles. The second-order valence-electron chi connectivity index (χ2n) is 7.97. The lowest BCUT2D eigenvalue weighted by atomic mass is 9.55. The van der Waals surface area contributed by atoms with Gasteiger partial charge in [-0.1, -0.05) is 22.9 Å². The number of hydrogen-bond donors (Lipinski definition) is 0. The van der Waals surface area contributed by atoms with E-state index in [1.165, 1.54) is 12.8 Å². The number of nitrogens with zero attached hydrogens (tertiary/aromatic N) is 1. The van der Waals surface area contributed by atoms with Crippen molar-refractivity contribution in [1.29, 1.82) is 0 Å². The molecule has 0 radical (unpaired) electrons. The maximum atomic E-state index is 12.4. The van der Waals surface area contributed by atoms with Crippen LogP contribution in [0.5, 0.6) is 0 Å². The summed E-state index contributed by atoms with van der Waals surface area (Å²) in [6, 6.07) is 0. The van der Waals surface area contributed by atoms with E-state index in [4.69, 9.17) is 4.74 Å². The average Bonchev–Trinajstić information content (AvgIpc) is 3.08. The Balaban J connectivity index is 1.68. The Morgan fingerprint density at radius 1 is 1.38 bits per heavy atom. The Hall–Kier alpha value is -0.0900. The third kappa shape index (κ3) is 1.78. The van der Waals surface area contributed by atoms with Crippen molar-refractivity contribution >= 4 is 21.8 Å². The second-order valence-corrected chi connectivity index (χ2v) is 9.03. The zero-order valence-electron chi connectivity index (χ0n) is 13.2. The number of alkyl halides is 1. The Morgan fingerprint density at radius 2 is 2.14 bits per heavy atom. The van der Waals surface area contributed by atoms with Gasteiger partial charge in [0.2, 0.25) is 5.91 Å². The van der Waals surface area contributed by atoms with Crippen LogP contribution in [-0.2, 0) is 9.53 Å². The van der Waals surface area contributed by atoms with Crippen LogP contribution in [0.1, 0.15) is 39.0 Å².